The molecule has 2 aromatic carbocycles. The smallest absolute Gasteiger partial charge is 0.253 e. The first-order chi connectivity index (χ1) is 20.6. The average Bonchev–Trinajstić information content (AvgIpc) is 3.58. The molecular weight excluding hydrogens is 552 g/mol. The van der Waals surface area contributed by atoms with E-state index in [4.69, 9.17) is 4.74 Å². The third-order valence-electron chi connectivity index (χ3n) is 7.88. The maximum absolute atomic E-state index is 13.6. The number of para-hydroxylation sites is 1. The van der Waals surface area contributed by atoms with Gasteiger partial charge in [-0.2, -0.15) is 0 Å². The molecule has 0 aliphatic carbocycles. The lowest BCUT2D eigenvalue weighted by molar-refractivity contribution is -0.142. The molecule has 3 heterocycles. The van der Waals surface area contributed by atoms with Crippen molar-refractivity contribution in [3.63, 3.8) is 0 Å². The molecule has 5 rings (SSSR count). The Morgan fingerprint density at radius 2 is 1.79 bits per heavy atom. The number of ether oxygens (including phenoxy) is 1. The van der Waals surface area contributed by atoms with Crippen LogP contribution >= 0.6 is 0 Å². The maximum Gasteiger partial charge on any atom is 0.253 e. The van der Waals surface area contributed by atoms with Gasteiger partial charge in [0.05, 0.1) is 19.0 Å². The third-order valence-corrected chi connectivity index (χ3v) is 7.88. The number of aromatic nitrogens is 1. The Kier molecular flexibility index (Phi) is 8.65. The minimum Gasteiger partial charge on any atom is -0.491 e. The van der Waals surface area contributed by atoms with Crippen LogP contribution in [0.4, 0.5) is 0 Å². The number of nitrogens with zero attached hydrogens (tertiary/aromatic N) is 3. The molecule has 1 saturated heterocycles. The van der Waals surface area contributed by atoms with E-state index in [0.717, 1.165) is 16.5 Å². The van der Waals surface area contributed by atoms with Gasteiger partial charge in [0, 0.05) is 62.8 Å². The molecule has 3 N–H and O–H groups in total. The fourth-order valence-corrected chi connectivity index (χ4v) is 5.77. The standard InChI is InChI=1S/C31H36N6O6/c1-19(38)33-27-16-35(2)30(41)20-7-6-8-24(11-20)43-18-23-13-22(15-37(23)29(40)17-36(3)31(27)42)34-28(39)12-21-14-32-26-10-5-4-9-25(21)26/h4-11,14,22-23,27,32H,12-13,15-18H2,1-3H3,(H,33,38)(H,34,39)/t22-,23-,27-/m0/s1. The summed E-state index contributed by atoms with van der Waals surface area (Å²) in [4.78, 5) is 72.5. The van der Waals surface area contributed by atoms with Crippen LogP contribution in [0.25, 0.3) is 10.9 Å². The van der Waals surface area contributed by atoms with E-state index in [0.29, 0.717) is 17.7 Å². The molecule has 3 aromatic rings. The first-order valence-electron chi connectivity index (χ1n) is 14.2. The van der Waals surface area contributed by atoms with Crippen molar-refractivity contribution in [2.75, 3.05) is 40.3 Å². The van der Waals surface area contributed by atoms with E-state index in [-0.39, 0.29) is 62.5 Å². The average molecular weight is 589 g/mol. The minimum absolute atomic E-state index is 0.0856. The van der Waals surface area contributed by atoms with Crippen molar-refractivity contribution in [1.82, 2.24) is 30.3 Å². The largest absolute Gasteiger partial charge is 0.491 e. The van der Waals surface area contributed by atoms with Crippen LogP contribution in [0.15, 0.2) is 54.7 Å². The number of aromatic amines is 1. The number of likely N-dealkylation sites (N-methyl/N-ethyl adjacent to an activating group) is 2. The molecule has 0 saturated carbocycles. The Bertz CT molecular complexity index is 1550. The molecule has 43 heavy (non-hydrogen) atoms. The first kappa shape index (κ1) is 29.6. The molecule has 12 nitrogen and oxygen atoms in total. The van der Waals surface area contributed by atoms with Gasteiger partial charge in [0.2, 0.25) is 23.6 Å². The summed E-state index contributed by atoms with van der Waals surface area (Å²) in [5, 5.41) is 6.66. The predicted octanol–water partition coefficient (Wildman–Crippen LogP) is 0.924. The summed E-state index contributed by atoms with van der Waals surface area (Å²) in [6.45, 7) is 1.36. The number of fused-ring (bicyclic) bond motifs is 4. The lowest BCUT2D eigenvalue weighted by Crippen LogP contribution is -2.54. The number of rotatable bonds is 4. The molecule has 2 aliphatic rings. The van der Waals surface area contributed by atoms with Gasteiger partial charge in [0.1, 0.15) is 18.4 Å². The van der Waals surface area contributed by atoms with Crippen molar-refractivity contribution in [3.05, 3.63) is 65.9 Å². The maximum atomic E-state index is 13.6. The van der Waals surface area contributed by atoms with E-state index in [1.54, 1.807) is 36.2 Å². The summed E-state index contributed by atoms with van der Waals surface area (Å²) >= 11 is 0. The normalized spacial score (nSPS) is 21.6. The van der Waals surface area contributed by atoms with Crippen molar-refractivity contribution in [1.29, 1.82) is 0 Å². The number of benzene rings is 2. The highest BCUT2D eigenvalue weighted by molar-refractivity contribution is 5.96. The Hall–Kier alpha value is -4.87. The van der Waals surface area contributed by atoms with Crippen LogP contribution in [0.3, 0.4) is 0 Å². The molecule has 0 unspecified atom stereocenters. The van der Waals surface area contributed by atoms with Crippen LogP contribution in [0, 0.1) is 0 Å². The van der Waals surface area contributed by atoms with E-state index < -0.39 is 17.9 Å². The Morgan fingerprint density at radius 1 is 1.00 bits per heavy atom. The SMILES string of the molecule is CC(=O)N[C@H]1CN(C)C(=O)c2cccc(c2)OC[C@@H]2C[C@H](NC(=O)Cc3c[nH]c4ccccc34)CN2C(=O)CN(C)C1=O. The first-order valence-corrected chi connectivity index (χ1v) is 14.2. The molecule has 0 radical (unpaired) electrons. The number of carbonyl (C=O) groups is 5. The van der Waals surface area contributed by atoms with Gasteiger partial charge in [-0.15, -0.1) is 0 Å². The van der Waals surface area contributed by atoms with Crippen molar-refractivity contribution in [2.24, 2.45) is 0 Å². The number of amides is 5. The van der Waals surface area contributed by atoms with Gasteiger partial charge in [-0.05, 0) is 36.2 Å². The molecule has 2 aliphatic heterocycles. The number of H-pyrrole nitrogens is 1. The molecule has 0 spiro atoms. The second kappa shape index (κ2) is 12.6. The van der Waals surface area contributed by atoms with Crippen molar-refractivity contribution in [3.8, 4) is 5.75 Å². The predicted molar refractivity (Wildman–Crippen MR) is 158 cm³/mol. The van der Waals surface area contributed by atoms with E-state index in [2.05, 4.69) is 15.6 Å². The summed E-state index contributed by atoms with van der Waals surface area (Å²) in [7, 11) is 3.03. The second-order valence-electron chi connectivity index (χ2n) is 11.2. The summed E-state index contributed by atoms with van der Waals surface area (Å²) in [5.74, 6) is -1.29. The van der Waals surface area contributed by atoms with Gasteiger partial charge in [0.15, 0.2) is 0 Å². The van der Waals surface area contributed by atoms with Crippen molar-refractivity contribution < 1.29 is 28.7 Å². The van der Waals surface area contributed by atoms with Crippen LogP contribution in [-0.2, 0) is 25.6 Å². The van der Waals surface area contributed by atoms with Crippen LogP contribution in [-0.4, -0.2) is 108 Å². The van der Waals surface area contributed by atoms with E-state index in [9.17, 15) is 24.0 Å². The Labute approximate surface area is 249 Å². The molecular formula is C31H36N6O6. The van der Waals surface area contributed by atoms with Gasteiger partial charge in [-0.25, -0.2) is 0 Å². The van der Waals surface area contributed by atoms with Crippen LogP contribution < -0.4 is 15.4 Å². The molecule has 5 amide bonds. The van der Waals surface area contributed by atoms with Gasteiger partial charge in [-0.1, -0.05) is 24.3 Å². The Balaban J connectivity index is 1.35. The zero-order valence-electron chi connectivity index (χ0n) is 24.5. The molecule has 3 atom stereocenters. The summed E-state index contributed by atoms with van der Waals surface area (Å²) in [6, 6.07) is 12.7. The van der Waals surface area contributed by atoms with Crippen LogP contribution in [0.5, 0.6) is 5.75 Å². The fourth-order valence-electron chi connectivity index (χ4n) is 5.77. The monoisotopic (exact) mass is 588 g/mol. The van der Waals surface area contributed by atoms with Crippen LogP contribution in [0.1, 0.15) is 29.3 Å². The van der Waals surface area contributed by atoms with Gasteiger partial charge < -0.3 is 35.1 Å². The van der Waals surface area contributed by atoms with Crippen molar-refractivity contribution >= 4 is 40.4 Å². The summed E-state index contributed by atoms with van der Waals surface area (Å²) in [5.41, 5.74) is 2.20. The Morgan fingerprint density at radius 3 is 2.58 bits per heavy atom. The number of hydrogen-bond donors (Lipinski definition) is 3. The summed E-state index contributed by atoms with van der Waals surface area (Å²) < 4.78 is 6.06. The van der Waals surface area contributed by atoms with E-state index in [1.807, 2.05) is 30.5 Å². The summed E-state index contributed by atoms with van der Waals surface area (Å²) in [6.07, 6.45) is 2.48. The zero-order chi connectivity index (χ0) is 30.7. The number of carbonyl (C=O) groups excluding carboxylic acids is 5. The number of nitrogens with one attached hydrogen (secondary N) is 3. The third kappa shape index (κ3) is 6.79. The molecule has 226 valence electrons. The lowest BCUT2D eigenvalue weighted by atomic mass is 10.1. The highest BCUT2D eigenvalue weighted by Crippen LogP contribution is 2.23. The number of hydrogen-bond acceptors (Lipinski definition) is 6. The molecule has 12 heteroatoms. The van der Waals surface area contributed by atoms with Gasteiger partial charge >= 0.3 is 0 Å². The quantitative estimate of drug-likeness (QED) is 0.414. The molecule has 2 bridgehead atoms. The fraction of sp³-hybridized carbons (Fsp3) is 0.387. The van der Waals surface area contributed by atoms with Crippen LogP contribution in [0.2, 0.25) is 0 Å². The van der Waals surface area contributed by atoms with E-state index in [1.165, 1.54) is 23.8 Å². The topological polar surface area (TPSA) is 144 Å². The van der Waals surface area contributed by atoms with Gasteiger partial charge in [0.25, 0.3) is 5.91 Å². The molecule has 1 aromatic heterocycles. The lowest BCUT2D eigenvalue weighted by Gasteiger charge is -2.30. The molecule has 1 fully saturated rings. The second-order valence-corrected chi connectivity index (χ2v) is 11.2. The zero-order valence-corrected chi connectivity index (χ0v) is 24.5. The minimum atomic E-state index is -1.04. The van der Waals surface area contributed by atoms with E-state index >= 15 is 0 Å². The highest BCUT2D eigenvalue weighted by Gasteiger charge is 2.38. The highest BCUT2D eigenvalue weighted by atomic mass is 16.5. The van der Waals surface area contributed by atoms with Gasteiger partial charge in [-0.3, -0.25) is 24.0 Å². The van der Waals surface area contributed by atoms with Crippen molar-refractivity contribution in [2.45, 2.75) is 37.9 Å².